The Morgan fingerprint density at radius 1 is 1.00 bits per heavy atom. The highest BCUT2D eigenvalue weighted by Gasteiger charge is 2.08. The van der Waals surface area contributed by atoms with Gasteiger partial charge in [0.25, 0.3) is 0 Å². The van der Waals surface area contributed by atoms with E-state index in [4.69, 9.17) is 4.74 Å². The Morgan fingerprint density at radius 2 is 1.81 bits per heavy atom. The van der Waals surface area contributed by atoms with Crippen LogP contribution in [0.25, 0.3) is 11.1 Å². The summed E-state index contributed by atoms with van der Waals surface area (Å²) >= 11 is 0. The molecule has 0 amide bonds. The molecular formula is C19H25NO. The molecule has 2 aromatic rings. The zero-order chi connectivity index (χ0) is 15.1. The van der Waals surface area contributed by atoms with E-state index in [9.17, 15) is 0 Å². The molecule has 1 N–H and O–H groups in total. The number of hydrogen-bond donors (Lipinski definition) is 1. The number of benzene rings is 2. The fourth-order valence-corrected chi connectivity index (χ4v) is 2.52. The maximum absolute atomic E-state index is 5.74. The monoisotopic (exact) mass is 283 g/mol. The molecule has 0 saturated heterocycles. The van der Waals surface area contributed by atoms with E-state index in [1.54, 1.807) is 0 Å². The molecule has 0 bridgehead atoms. The number of aryl methyl sites for hydroxylation is 1. The zero-order valence-electron chi connectivity index (χ0n) is 13.3. The fraction of sp³-hybridized carbons (Fsp3) is 0.368. The van der Waals surface area contributed by atoms with Crippen molar-refractivity contribution in [2.24, 2.45) is 0 Å². The third kappa shape index (κ3) is 4.08. The van der Waals surface area contributed by atoms with Crippen LogP contribution in [0.3, 0.4) is 0 Å². The van der Waals surface area contributed by atoms with E-state index in [1.807, 2.05) is 19.1 Å². The van der Waals surface area contributed by atoms with Crippen LogP contribution in [-0.2, 0) is 6.54 Å². The Bertz CT molecular complexity index is 578. The van der Waals surface area contributed by atoms with Gasteiger partial charge in [-0.15, -0.1) is 0 Å². The van der Waals surface area contributed by atoms with E-state index in [1.165, 1.54) is 28.7 Å². The van der Waals surface area contributed by atoms with E-state index in [2.05, 4.69) is 49.5 Å². The molecule has 0 saturated carbocycles. The lowest BCUT2D eigenvalue weighted by atomic mass is 9.97. The molecule has 0 aromatic heterocycles. The quantitative estimate of drug-likeness (QED) is 0.752. The maximum Gasteiger partial charge on any atom is 0.127 e. The van der Waals surface area contributed by atoms with Crippen molar-refractivity contribution in [3.8, 4) is 16.9 Å². The van der Waals surface area contributed by atoms with Crippen molar-refractivity contribution in [3.05, 3.63) is 53.6 Å². The van der Waals surface area contributed by atoms with Gasteiger partial charge in [-0.25, -0.2) is 0 Å². The lowest BCUT2D eigenvalue weighted by molar-refractivity contribution is 0.341. The first-order chi connectivity index (χ1) is 10.3. The van der Waals surface area contributed by atoms with Crippen LogP contribution in [0.15, 0.2) is 42.5 Å². The van der Waals surface area contributed by atoms with E-state index in [0.29, 0.717) is 6.61 Å². The molecule has 2 nitrogen and oxygen atoms in total. The summed E-state index contributed by atoms with van der Waals surface area (Å²) in [5.74, 6) is 0.958. The third-order valence-electron chi connectivity index (χ3n) is 3.52. The Morgan fingerprint density at radius 3 is 2.52 bits per heavy atom. The number of ether oxygens (including phenoxy) is 1. The van der Waals surface area contributed by atoms with Crippen LogP contribution >= 0.6 is 0 Å². The predicted octanol–water partition coefficient (Wildman–Crippen LogP) is 4.56. The van der Waals surface area contributed by atoms with Crippen molar-refractivity contribution in [2.45, 2.75) is 33.7 Å². The summed E-state index contributed by atoms with van der Waals surface area (Å²) in [6.45, 7) is 9.06. The number of nitrogens with one attached hydrogen (secondary N) is 1. The van der Waals surface area contributed by atoms with Crippen molar-refractivity contribution >= 4 is 0 Å². The Balaban J connectivity index is 2.24. The third-order valence-corrected chi connectivity index (χ3v) is 3.52. The van der Waals surface area contributed by atoms with Gasteiger partial charge >= 0.3 is 0 Å². The molecule has 0 aliphatic heterocycles. The minimum Gasteiger partial charge on any atom is -0.493 e. The molecule has 0 atom stereocenters. The predicted molar refractivity (Wildman–Crippen MR) is 89.8 cm³/mol. The summed E-state index contributed by atoms with van der Waals surface area (Å²) in [6, 6.07) is 14.9. The summed E-state index contributed by atoms with van der Waals surface area (Å²) in [7, 11) is 0. The largest absolute Gasteiger partial charge is 0.493 e. The van der Waals surface area contributed by atoms with Crippen LogP contribution in [0.5, 0.6) is 5.75 Å². The normalized spacial score (nSPS) is 10.6. The van der Waals surface area contributed by atoms with Crippen LogP contribution in [0.4, 0.5) is 0 Å². The second-order valence-corrected chi connectivity index (χ2v) is 5.26. The average molecular weight is 283 g/mol. The van der Waals surface area contributed by atoms with Gasteiger partial charge in [0.05, 0.1) is 6.61 Å². The second-order valence-electron chi connectivity index (χ2n) is 5.26. The van der Waals surface area contributed by atoms with Crippen molar-refractivity contribution in [3.63, 3.8) is 0 Å². The zero-order valence-corrected chi connectivity index (χ0v) is 13.3. The van der Waals surface area contributed by atoms with Gasteiger partial charge in [0, 0.05) is 12.1 Å². The van der Waals surface area contributed by atoms with Gasteiger partial charge in [-0.05, 0) is 49.6 Å². The minimum absolute atomic E-state index is 0.690. The molecule has 0 spiro atoms. The van der Waals surface area contributed by atoms with Crippen molar-refractivity contribution in [2.75, 3.05) is 13.2 Å². The molecule has 0 aliphatic carbocycles. The van der Waals surface area contributed by atoms with Gasteiger partial charge in [0.2, 0.25) is 0 Å². The number of hydrogen-bond acceptors (Lipinski definition) is 2. The van der Waals surface area contributed by atoms with Crippen LogP contribution in [0.2, 0.25) is 0 Å². The molecule has 0 fully saturated rings. The first kappa shape index (κ1) is 15.6. The lowest BCUT2D eigenvalue weighted by Gasteiger charge is -2.13. The molecule has 21 heavy (non-hydrogen) atoms. The summed E-state index contributed by atoms with van der Waals surface area (Å²) in [6.07, 6.45) is 1.17. The average Bonchev–Trinajstić information content (AvgIpc) is 2.49. The van der Waals surface area contributed by atoms with Gasteiger partial charge in [0.1, 0.15) is 5.75 Å². The second kappa shape index (κ2) is 7.84. The Labute approximate surface area is 128 Å². The highest BCUT2D eigenvalue weighted by atomic mass is 16.5. The molecule has 2 aromatic carbocycles. The van der Waals surface area contributed by atoms with Gasteiger partial charge in [-0.2, -0.15) is 0 Å². The van der Waals surface area contributed by atoms with Crippen LogP contribution in [0.1, 0.15) is 31.4 Å². The summed E-state index contributed by atoms with van der Waals surface area (Å²) in [5, 5.41) is 3.44. The van der Waals surface area contributed by atoms with Crippen molar-refractivity contribution < 1.29 is 4.74 Å². The first-order valence-corrected chi connectivity index (χ1v) is 7.78. The molecule has 0 unspecified atom stereocenters. The molecule has 2 heteroatoms. The van der Waals surface area contributed by atoms with Gasteiger partial charge in [0.15, 0.2) is 0 Å². The molecule has 0 heterocycles. The van der Waals surface area contributed by atoms with Crippen molar-refractivity contribution in [1.82, 2.24) is 5.32 Å². The topological polar surface area (TPSA) is 21.3 Å². The fourth-order valence-electron chi connectivity index (χ4n) is 2.52. The smallest absolute Gasteiger partial charge is 0.127 e. The lowest BCUT2D eigenvalue weighted by Crippen LogP contribution is -2.13. The van der Waals surface area contributed by atoms with E-state index >= 15 is 0 Å². The van der Waals surface area contributed by atoms with Gasteiger partial charge in [-0.3, -0.25) is 0 Å². The van der Waals surface area contributed by atoms with Gasteiger partial charge < -0.3 is 10.1 Å². The summed E-state index contributed by atoms with van der Waals surface area (Å²) < 4.78 is 5.74. The Kier molecular flexibility index (Phi) is 5.82. The first-order valence-electron chi connectivity index (χ1n) is 7.78. The van der Waals surface area contributed by atoms with E-state index in [0.717, 1.165) is 18.8 Å². The minimum atomic E-state index is 0.690. The molecule has 2 rings (SSSR count). The highest BCUT2D eigenvalue weighted by molar-refractivity contribution is 5.73. The molecule has 0 aliphatic rings. The SMILES string of the molecule is CCCNCc1ccc(-c2ccccc2OCC)c(C)c1. The standard InChI is InChI=1S/C19H25NO/c1-4-12-20-14-16-10-11-17(15(3)13-16)18-8-6-7-9-19(18)21-5-2/h6-11,13,20H,4-5,12,14H2,1-3H3. The summed E-state index contributed by atoms with van der Waals surface area (Å²) in [5.41, 5.74) is 5.04. The highest BCUT2D eigenvalue weighted by Crippen LogP contribution is 2.32. The summed E-state index contributed by atoms with van der Waals surface area (Å²) in [4.78, 5) is 0. The molecule has 0 radical (unpaired) electrons. The Hall–Kier alpha value is -1.80. The van der Waals surface area contributed by atoms with Crippen LogP contribution < -0.4 is 10.1 Å². The van der Waals surface area contributed by atoms with E-state index < -0.39 is 0 Å². The van der Waals surface area contributed by atoms with Gasteiger partial charge in [-0.1, -0.05) is 43.3 Å². The molecule has 112 valence electrons. The number of rotatable bonds is 7. The maximum atomic E-state index is 5.74. The molecular weight excluding hydrogens is 258 g/mol. The number of para-hydroxylation sites is 1. The van der Waals surface area contributed by atoms with Crippen molar-refractivity contribution in [1.29, 1.82) is 0 Å². The van der Waals surface area contributed by atoms with E-state index in [-0.39, 0.29) is 0 Å². The van der Waals surface area contributed by atoms with Crippen LogP contribution in [-0.4, -0.2) is 13.2 Å². The van der Waals surface area contributed by atoms with Crippen LogP contribution in [0, 0.1) is 6.92 Å².